The van der Waals surface area contributed by atoms with E-state index in [1.54, 1.807) is 12.1 Å². The molecule has 256 valence electrons. The fraction of sp³-hybridized carbons (Fsp3) is 0.361. The van der Waals surface area contributed by atoms with Crippen LogP contribution in [0, 0.1) is 11.6 Å². The molecule has 9 nitrogen and oxygen atoms in total. The third kappa shape index (κ3) is 8.58. The number of carbonyl (C=O) groups is 3. The van der Waals surface area contributed by atoms with E-state index in [2.05, 4.69) is 19.9 Å². The largest absolute Gasteiger partial charge is 0.344 e. The molecular formula is C36H36F4N6O3. The molecular weight excluding hydrogens is 640 g/mol. The first kappa shape index (κ1) is 35.4. The van der Waals surface area contributed by atoms with Crippen LogP contribution in [0.15, 0.2) is 73.3 Å². The summed E-state index contributed by atoms with van der Waals surface area (Å²) in [5, 5.41) is 1.85. The molecule has 0 saturated heterocycles. The molecule has 3 N–H and O–H groups in total. The molecule has 2 saturated carbocycles. The first-order chi connectivity index (χ1) is 23.5. The lowest BCUT2D eigenvalue weighted by atomic mass is 9.62. The first-order valence-corrected chi connectivity index (χ1v) is 16.0. The second kappa shape index (κ2) is 15.5. The van der Waals surface area contributed by atoms with Crippen molar-refractivity contribution in [1.29, 1.82) is 0 Å². The van der Waals surface area contributed by atoms with Crippen LogP contribution in [0.5, 0.6) is 0 Å². The number of nitrogens with zero attached hydrogens (tertiary/aromatic N) is 4. The third-order valence-electron chi connectivity index (χ3n) is 9.39. The molecule has 1 amide bonds. The van der Waals surface area contributed by atoms with Crippen LogP contribution in [0.3, 0.4) is 0 Å². The lowest BCUT2D eigenvalue weighted by molar-refractivity contribution is -0.131. The number of alkyl halides is 2. The molecule has 2 fully saturated rings. The van der Waals surface area contributed by atoms with E-state index in [1.807, 2.05) is 17.4 Å². The van der Waals surface area contributed by atoms with Crippen molar-refractivity contribution < 1.29 is 31.9 Å². The van der Waals surface area contributed by atoms with E-state index in [9.17, 15) is 31.9 Å². The summed E-state index contributed by atoms with van der Waals surface area (Å²) in [5.41, 5.74) is 7.93. The van der Waals surface area contributed by atoms with Gasteiger partial charge < -0.3 is 11.1 Å². The van der Waals surface area contributed by atoms with Crippen LogP contribution in [0.4, 0.5) is 17.6 Å². The number of benzene rings is 2. The Hall–Kier alpha value is -4.91. The van der Waals surface area contributed by atoms with Crippen LogP contribution in [0.2, 0.25) is 0 Å². The molecule has 0 atom stereocenters. The summed E-state index contributed by atoms with van der Waals surface area (Å²) >= 11 is 0. The monoisotopic (exact) mass is 676 g/mol. The second-order valence-corrected chi connectivity index (χ2v) is 12.5. The van der Waals surface area contributed by atoms with Crippen LogP contribution in [-0.2, 0) is 28.5 Å². The number of aromatic nitrogens is 4. The Labute approximate surface area is 280 Å². The van der Waals surface area contributed by atoms with Crippen molar-refractivity contribution >= 4 is 17.5 Å². The SMILES string of the molecule is NCC(=O)c1cnc(CC2(c3ccc(F)cc3)CCC2)nc1.O=C(CNC(=O)C(F)F)c1cnc(CC2(c3ccc(F)cc3)CCC2)nc1. The summed E-state index contributed by atoms with van der Waals surface area (Å²) in [6.07, 6.45) is 10.0. The summed E-state index contributed by atoms with van der Waals surface area (Å²) in [6.45, 7) is -0.576. The number of hydrogen-bond donors (Lipinski definition) is 2. The topological polar surface area (TPSA) is 141 Å². The molecule has 13 heteroatoms. The highest BCUT2D eigenvalue weighted by Crippen LogP contribution is 2.46. The molecule has 0 bridgehead atoms. The number of amides is 1. The van der Waals surface area contributed by atoms with E-state index >= 15 is 0 Å². The Kier molecular flexibility index (Phi) is 11.2. The molecule has 2 aliphatic carbocycles. The van der Waals surface area contributed by atoms with E-state index in [1.165, 1.54) is 49.1 Å². The maximum atomic E-state index is 13.2. The van der Waals surface area contributed by atoms with Gasteiger partial charge in [0.1, 0.15) is 23.3 Å². The number of nitrogens with one attached hydrogen (secondary N) is 1. The Morgan fingerprint density at radius 3 is 1.39 bits per heavy atom. The average molecular weight is 677 g/mol. The predicted octanol–water partition coefficient (Wildman–Crippen LogP) is 5.27. The zero-order valence-electron chi connectivity index (χ0n) is 26.7. The van der Waals surface area contributed by atoms with Crippen molar-refractivity contribution in [3.63, 3.8) is 0 Å². The summed E-state index contributed by atoms with van der Waals surface area (Å²) in [4.78, 5) is 51.2. The highest BCUT2D eigenvalue weighted by Gasteiger charge is 2.40. The fourth-order valence-corrected chi connectivity index (χ4v) is 6.20. The van der Waals surface area contributed by atoms with Gasteiger partial charge in [-0.05, 0) is 61.1 Å². The van der Waals surface area contributed by atoms with E-state index in [0.717, 1.165) is 49.7 Å². The van der Waals surface area contributed by atoms with Crippen molar-refractivity contribution in [2.75, 3.05) is 13.1 Å². The van der Waals surface area contributed by atoms with Gasteiger partial charge in [-0.2, -0.15) is 8.78 Å². The summed E-state index contributed by atoms with van der Waals surface area (Å²) in [6, 6.07) is 13.1. The van der Waals surface area contributed by atoms with Gasteiger partial charge in [-0.3, -0.25) is 14.4 Å². The van der Waals surface area contributed by atoms with Gasteiger partial charge in [0, 0.05) is 48.5 Å². The predicted molar refractivity (Wildman–Crippen MR) is 172 cm³/mol. The van der Waals surface area contributed by atoms with E-state index in [0.29, 0.717) is 30.1 Å². The highest BCUT2D eigenvalue weighted by atomic mass is 19.3. The normalized spacial score (nSPS) is 15.6. The van der Waals surface area contributed by atoms with Crippen LogP contribution in [0.1, 0.15) is 82.0 Å². The van der Waals surface area contributed by atoms with Gasteiger partial charge in [0.25, 0.3) is 5.91 Å². The maximum absolute atomic E-state index is 13.2. The van der Waals surface area contributed by atoms with Crippen molar-refractivity contribution in [1.82, 2.24) is 25.3 Å². The van der Waals surface area contributed by atoms with Gasteiger partial charge in [0.2, 0.25) is 0 Å². The number of hydrogen-bond acceptors (Lipinski definition) is 8. The lowest BCUT2D eigenvalue weighted by Gasteiger charge is -2.42. The third-order valence-corrected chi connectivity index (χ3v) is 9.39. The zero-order chi connectivity index (χ0) is 35.0. The molecule has 0 radical (unpaired) electrons. The number of ketones is 2. The number of Topliss-reactive ketones (excluding diaryl/α,β-unsaturated/α-hetero) is 2. The van der Waals surface area contributed by atoms with Gasteiger partial charge in [-0.1, -0.05) is 37.1 Å². The minimum atomic E-state index is -3.17. The average Bonchev–Trinajstić information content (AvgIpc) is 3.08. The molecule has 0 aliphatic heterocycles. The molecule has 0 unspecified atom stereocenters. The summed E-state index contributed by atoms with van der Waals surface area (Å²) < 4.78 is 50.5. The van der Waals surface area contributed by atoms with Gasteiger partial charge in [0.05, 0.1) is 24.2 Å². The molecule has 2 heterocycles. The summed E-state index contributed by atoms with van der Waals surface area (Å²) in [7, 11) is 0. The molecule has 0 spiro atoms. The van der Waals surface area contributed by atoms with Gasteiger partial charge >= 0.3 is 6.43 Å². The summed E-state index contributed by atoms with van der Waals surface area (Å²) in [5.74, 6) is -1.46. The zero-order valence-corrected chi connectivity index (χ0v) is 26.7. The lowest BCUT2D eigenvalue weighted by Crippen LogP contribution is -2.37. The number of carbonyl (C=O) groups excluding carboxylic acids is 3. The van der Waals surface area contributed by atoms with Crippen molar-refractivity contribution in [3.05, 3.63) is 119 Å². The number of halogens is 4. The van der Waals surface area contributed by atoms with Gasteiger partial charge in [-0.15, -0.1) is 0 Å². The van der Waals surface area contributed by atoms with E-state index < -0.39 is 24.7 Å². The van der Waals surface area contributed by atoms with Crippen LogP contribution in [-0.4, -0.2) is 56.9 Å². The maximum Gasteiger partial charge on any atom is 0.315 e. The number of rotatable bonds is 12. The Morgan fingerprint density at radius 1 is 0.673 bits per heavy atom. The fourth-order valence-electron chi connectivity index (χ4n) is 6.20. The Morgan fingerprint density at radius 2 is 1.06 bits per heavy atom. The Bertz CT molecular complexity index is 1740. The van der Waals surface area contributed by atoms with Crippen LogP contribution < -0.4 is 11.1 Å². The van der Waals surface area contributed by atoms with Crippen molar-refractivity contribution in [2.45, 2.75) is 68.6 Å². The smallest absolute Gasteiger partial charge is 0.315 e. The molecule has 2 aliphatic rings. The molecule has 2 aromatic heterocycles. The minimum absolute atomic E-state index is 0.00685. The van der Waals surface area contributed by atoms with E-state index in [4.69, 9.17) is 5.73 Å². The molecule has 2 aromatic carbocycles. The quantitative estimate of drug-likeness (QED) is 0.153. The standard InChI is InChI=1S/C19H18F3N3O2.C17H18FN3O/c20-14-4-2-13(3-5-14)19(6-1-7-19)8-16-23-9-12(10-24-16)15(26)11-25-18(27)17(21)22;18-14-4-2-13(3-5-14)17(6-1-7-17)8-16-20-10-12(11-21-16)15(22)9-19/h2-5,9-10,17H,1,6-8,11H2,(H,25,27);2-5,10-11H,1,6-9,19H2. The highest BCUT2D eigenvalue weighted by molar-refractivity contribution is 5.99. The van der Waals surface area contributed by atoms with Crippen molar-refractivity contribution in [2.24, 2.45) is 5.73 Å². The first-order valence-electron chi connectivity index (χ1n) is 16.0. The van der Waals surface area contributed by atoms with E-state index in [-0.39, 0.29) is 40.4 Å². The molecule has 4 aromatic rings. The molecule has 49 heavy (non-hydrogen) atoms. The molecule has 6 rings (SSSR count). The van der Waals surface area contributed by atoms with Gasteiger partial charge in [0.15, 0.2) is 11.6 Å². The van der Waals surface area contributed by atoms with Crippen LogP contribution in [0.25, 0.3) is 0 Å². The number of nitrogens with two attached hydrogens (primary N) is 1. The second-order valence-electron chi connectivity index (χ2n) is 12.5. The van der Waals surface area contributed by atoms with Gasteiger partial charge in [-0.25, -0.2) is 28.7 Å². The minimum Gasteiger partial charge on any atom is -0.344 e. The van der Waals surface area contributed by atoms with Crippen molar-refractivity contribution in [3.8, 4) is 0 Å². The van der Waals surface area contributed by atoms with Crippen LogP contribution >= 0.6 is 0 Å². The Balaban J connectivity index is 0.000000195.